The summed E-state index contributed by atoms with van der Waals surface area (Å²) in [4.78, 5) is 38.7. The van der Waals surface area contributed by atoms with Crippen molar-refractivity contribution >= 4 is 16.8 Å². The number of aromatic nitrogens is 5. The summed E-state index contributed by atoms with van der Waals surface area (Å²) >= 11 is 0. The number of aromatic amines is 1. The molecule has 1 aromatic carbocycles. The summed E-state index contributed by atoms with van der Waals surface area (Å²) in [7, 11) is 0. The number of fused-ring (bicyclic) bond motifs is 2. The zero-order chi connectivity index (χ0) is 19.8. The highest BCUT2D eigenvalue weighted by Gasteiger charge is 2.32. The third-order valence-corrected chi connectivity index (χ3v) is 5.16. The topological polar surface area (TPSA) is 96.8 Å². The molecular weight excluding hydrogens is 356 g/mol. The van der Waals surface area contributed by atoms with Gasteiger partial charge in [-0.15, -0.1) is 0 Å². The van der Waals surface area contributed by atoms with E-state index in [1.165, 1.54) is 0 Å². The number of amides is 1. The van der Waals surface area contributed by atoms with Crippen molar-refractivity contribution in [3.05, 3.63) is 52.1 Å². The van der Waals surface area contributed by atoms with Gasteiger partial charge in [0.05, 0.1) is 23.5 Å². The van der Waals surface area contributed by atoms with Gasteiger partial charge in [-0.2, -0.15) is 5.10 Å². The number of aryl methyl sites for hydroxylation is 1. The van der Waals surface area contributed by atoms with Crippen molar-refractivity contribution in [2.24, 2.45) is 5.92 Å². The smallest absolute Gasteiger partial charge is 0.290 e. The van der Waals surface area contributed by atoms with E-state index in [-0.39, 0.29) is 23.3 Å². The van der Waals surface area contributed by atoms with E-state index in [4.69, 9.17) is 0 Å². The Morgan fingerprint density at radius 1 is 1.25 bits per heavy atom. The van der Waals surface area contributed by atoms with Crippen LogP contribution in [0.1, 0.15) is 55.5 Å². The van der Waals surface area contributed by atoms with Gasteiger partial charge in [-0.3, -0.25) is 9.59 Å². The van der Waals surface area contributed by atoms with Gasteiger partial charge in [-0.05, 0) is 31.4 Å². The summed E-state index contributed by atoms with van der Waals surface area (Å²) in [5.41, 5.74) is 0.205. The molecule has 0 fully saturated rings. The Kier molecular flexibility index (Phi) is 4.70. The lowest BCUT2D eigenvalue weighted by molar-refractivity contribution is 0.0618. The summed E-state index contributed by atoms with van der Waals surface area (Å²) in [6.07, 6.45) is 1.86. The van der Waals surface area contributed by atoms with Gasteiger partial charge >= 0.3 is 0 Å². The molecule has 0 bridgehead atoms. The van der Waals surface area contributed by atoms with Crippen molar-refractivity contribution in [3.63, 3.8) is 0 Å². The number of rotatable bonds is 4. The van der Waals surface area contributed by atoms with Crippen molar-refractivity contribution in [1.82, 2.24) is 29.6 Å². The van der Waals surface area contributed by atoms with Crippen molar-refractivity contribution in [2.75, 3.05) is 6.54 Å². The monoisotopic (exact) mass is 380 g/mol. The minimum atomic E-state index is -0.308. The zero-order valence-corrected chi connectivity index (χ0v) is 16.3. The molecule has 4 rings (SSSR count). The average Bonchev–Trinajstić information content (AvgIpc) is 3.10. The Bertz CT molecular complexity index is 1080. The number of para-hydroxylation sites is 1. The lowest BCUT2D eigenvalue weighted by Gasteiger charge is -2.32. The van der Waals surface area contributed by atoms with Gasteiger partial charge in [0.2, 0.25) is 0 Å². The van der Waals surface area contributed by atoms with E-state index in [9.17, 15) is 9.59 Å². The molecule has 3 heterocycles. The standard InChI is InChI=1S/C20H24N6O2/c1-12(2)8-9-16-22-18-13(3)25(10-11-26(18)24-16)20(28)17-21-15-7-5-4-6-14(15)19(27)23-17/h4-7,12-13H,8-11H2,1-3H3,(H,21,23,27)/t13-/m1/s1. The summed E-state index contributed by atoms with van der Waals surface area (Å²) in [5.74, 6) is 1.95. The largest absolute Gasteiger partial charge is 0.324 e. The molecule has 0 spiro atoms. The number of nitrogens with one attached hydrogen (secondary N) is 1. The molecule has 1 aliphatic rings. The van der Waals surface area contributed by atoms with Crippen molar-refractivity contribution < 1.29 is 4.79 Å². The van der Waals surface area contributed by atoms with E-state index in [1.807, 2.05) is 11.6 Å². The molecule has 2 aromatic heterocycles. The quantitative estimate of drug-likeness (QED) is 0.749. The molecule has 0 saturated carbocycles. The van der Waals surface area contributed by atoms with Crippen LogP contribution in [0.4, 0.5) is 0 Å². The number of hydrogen-bond donors (Lipinski definition) is 1. The minimum Gasteiger partial charge on any atom is -0.324 e. The second kappa shape index (κ2) is 7.18. The van der Waals surface area contributed by atoms with Crippen LogP contribution in [-0.4, -0.2) is 42.1 Å². The first-order chi connectivity index (χ1) is 13.4. The summed E-state index contributed by atoms with van der Waals surface area (Å²) in [5, 5.41) is 5.06. The molecule has 8 nitrogen and oxygen atoms in total. The molecule has 28 heavy (non-hydrogen) atoms. The lowest BCUT2D eigenvalue weighted by atomic mass is 10.1. The van der Waals surface area contributed by atoms with E-state index in [1.54, 1.807) is 29.2 Å². The fraction of sp³-hybridized carbons (Fsp3) is 0.450. The van der Waals surface area contributed by atoms with Crippen LogP contribution in [0, 0.1) is 5.92 Å². The summed E-state index contributed by atoms with van der Waals surface area (Å²) in [6, 6.07) is 6.77. The average molecular weight is 380 g/mol. The number of benzene rings is 1. The Hall–Kier alpha value is -3.03. The highest BCUT2D eigenvalue weighted by molar-refractivity contribution is 5.92. The van der Waals surface area contributed by atoms with E-state index in [0.29, 0.717) is 29.9 Å². The van der Waals surface area contributed by atoms with Crippen LogP contribution in [0.25, 0.3) is 10.9 Å². The Labute approximate surface area is 162 Å². The van der Waals surface area contributed by atoms with Gasteiger partial charge in [0, 0.05) is 13.0 Å². The lowest BCUT2D eigenvalue weighted by Crippen LogP contribution is -2.42. The molecule has 1 N–H and O–H groups in total. The maximum Gasteiger partial charge on any atom is 0.290 e. The van der Waals surface area contributed by atoms with Gasteiger partial charge in [0.25, 0.3) is 11.5 Å². The minimum absolute atomic E-state index is 0.0588. The van der Waals surface area contributed by atoms with Gasteiger partial charge in [0.1, 0.15) is 5.82 Å². The third kappa shape index (κ3) is 3.30. The number of carbonyl (C=O) groups is 1. The maximum atomic E-state index is 13.1. The van der Waals surface area contributed by atoms with Crippen LogP contribution >= 0.6 is 0 Å². The summed E-state index contributed by atoms with van der Waals surface area (Å²) < 4.78 is 1.89. The normalized spacial score (nSPS) is 16.6. The second-order valence-corrected chi connectivity index (χ2v) is 7.65. The van der Waals surface area contributed by atoms with Gasteiger partial charge in [-0.1, -0.05) is 26.0 Å². The summed E-state index contributed by atoms with van der Waals surface area (Å²) in [6.45, 7) is 7.37. The third-order valence-electron chi connectivity index (χ3n) is 5.16. The molecule has 0 saturated heterocycles. The van der Waals surface area contributed by atoms with Gasteiger partial charge in [0.15, 0.2) is 11.6 Å². The molecule has 0 aliphatic carbocycles. The first-order valence-electron chi connectivity index (χ1n) is 9.67. The van der Waals surface area contributed by atoms with Gasteiger partial charge < -0.3 is 9.88 Å². The predicted octanol–water partition coefficient (Wildman–Crippen LogP) is 2.32. The molecule has 1 amide bonds. The SMILES string of the molecule is CC(C)CCc1nc2n(n1)CCN(C(=O)c1nc3ccccc3c(=O)[nH]1)[C@@H]2C. The maximum absolute atomic E-state index is 13.1. The predicted molar refractivity (Wildman–Crippen MR) is 105 cm³/mol. The Morgan fingerprint density at radius 2 is 2.04 bits per heavy atom. The highest BCUT2D eigenvalue weighted by atomic mass is 16.2. The van der Waals surface area contributed by atoms with E-state index in [2.05, 4.69) is 33.9 Å². The molecule has 0 unspecified atom stereocenters. The number of H-pyrrole nitrogens is 1. The van der Waals surface area contributed by atoms with Crippen molar-refractivity contribution in [1.29, 1.82) is 0 Å². The van der Waals surface area contributed by atoms with Crippen molar-refractivity contribution in [2.45, 2.75) is 46.2 Å². The van der Waals surface area contributed by atoms with Crippen LogP contribution in [-0.2, 0) is 13.0 Å². The fourth-order valence-corrected chi connectivity index (χ4v) is 3.54. The highest BCUT2D eigenvalue weighted by Crippen LogP contribution is 2.25. The van der Waals surface area contributed by atoms with E-state index < -0.39 is 0 Å². The van der Waals surface area contributed by atoms with Crippen LogP contribution in [0.3, 0.4) is 0 Å². The first kappa shape index (κ1) is 18.3. The molecule has 0 radical (unpaired) electrons. The molecule has 1 aliphatic heterocycles. The van der Waals surface area contributed by atoms with Crippen LogP contribution < -0.4 is 5.56 Å². The number of hydrogen-bond acceptors (Lipinski definition) is 5. The number of carbonyl (C=O) groups excluding carboxylic acids is 1. The second-order valence-electron chi connectivity index (χ2n) is 7.65. The first-order valence-corrected chi connectivity index (χ1v) is 9.67. The van der Waals surface area contributed by atoms with E-state index in [0.717, 1.165) is 24.5 Å². The van der Waals surface area contributed by atoms with Crippen LogP contribution in [0.15, 0.2) is 29.1 Å². The molecule has 8 heteroatoms. The zero-order valence-electron chi connectivity index (χ0n) is 16.3. The van der Waals surface area contributed by atoms with Crippen LogP contribution in [0.5, 0.6) is 0 Å². The van der Waals surface area contributed by atoms with E-state index >= 15 is 0 Å². The Morgan fingerprint density at radius 3 is 2.82 bits per heavy atom. The molecule has 146 valence electrons. The fourth-order valence-electron chi connectivity index (χ4n) is 3.54. The Balaban J connectivity index is 1.60. The van der Waals surface area contributed by atoms with Crippen molar-refractivity contribution in [3.8, 4) is 0 Å². The van der Waals surface area contributed by atoms with Gasteiger partial charge in [-0.25, -0.2) is 14.6 Å². The van der Waals surface area contributed by atoms with Crippen LogP contribution in [0.2, 0.25) is 0 Å². The molecule has 1 atom stereocenters. The number of nitrogens with zero attached hydrogens (tertiary/aromatic N) is 5. The molecule has 3 aromatic rings. The molecular formula is C20H24N6O2.